The minimum absolute atomic E-state index is 0.00764. The Kier molecular flexibility index (Phi) is 4.12. The van der Waals surface area contributed by atoms with Crippen LogP contribution in [-0.2, 0) is 9.53 Å². The van der Waals surface area contributed by atoms with Crippen LogP contribution < -0.4 is 11.2 Å². The van der Waals surface area contributed by atoms with E-state index in [4.69, 9.17) is 5.73 Å². The fourth-order valence-corrected chi connectivity index (χ4v) is 0.378. The lowest BCUT2D eigenvalue weighted by Crippen LogP contribution is -2.27. The third-order valence-electron chi connectivity index (χ3n) is 0.815. The summed E-state index contributed by atoms with van der Waals surface area (Å²) in [4.78, 5) is 10.6. The number of carbonyl (C=O) groups excluding carboxylic acids is 1. The summed E-state index contributed by atoms with van der Waals surface area (Å²) in [6.07, 6.45) is 0. The average Bonchev–Trinajstić information content (AvgIpc) is 1.98. The molecule has 0 bridgehead atoms. The molecule has 0 saturated heterocycles. The van der Waals surface area contributed by atoms with E-state index in [0.29, 0.717) is 0 Å². The van der Waals surface area contributed by atoms with Gasteiger partial charge in [-0.25, -0.2) is 4.79 Å². The van der Waals surface area contributed by atoms with Crippen LogP contribution in [0.5, 0.6) is 0 Å². The van der Waals surface area contributed by atoms with Gasteiger partial charge in [0.2, 0.25) is 0 Å². The lowest BCUT2D eigenvalue weighted by atomic mass is 10.4. The van der Waals surface area contributed by atoms with Crippen molar-refractivity contribution in [1.29, 1.82) is 0 Å². The molecule has 62 valence electrons. The Morgan fingerprint density at radius 1 is 1.73 bits per heavy atom. The highest BCUT2D eigenvalue weighted by Gasteiger charge is 2.03. The monoisotopic (exact) mass is 175 g/mol. The van der Waals surface area contributed by atoms with Gasteiger partial charge in [-0.1, -0.05) is 0 Å². The van der Waals surface area contributed by atoms with Crippen molar-refractivity contribution in [2.45, 2.75) is 6.92 Å². The highest BCUT2D eigenvalue weighted by Crippen LogP contribution is 1.78. The molecule has 0 aliphatic heterocycles. The number of hydrogen-bond donors (Lipinski definition) is 2. The summed E-state index contributed by atoms with van der Waals surface area (Å²) in [6, 6.07) is 0. The van der Waals surface area contributed by atoms with Crippen molar-refractivity contribution in [3.63, 3.8) is 0 Å². The van der Waals surface area contributed by atoms with Crippen LogP contribution in [0.4, 0.5) is 0 Å². The first-order valence-corrected chi connectivity index (χ1v) is 3.16. The van der Waals surface area contributed by atoms with Crippen molar-refractivity contribution in [1.82, 2.24) is 5.43 Å². The van der Waals surface area contributed by atoms with Gasteiger partial charge in [0.05, 0.1) is 7.11 Å². The van der Waals surface area contributed by atoms with Gasteiger partial charge in [0.15, 0.2) is 5.11 Å². The Balaban J connectivity index is 4.00. The Morgan fingerprint density at radius 3 is 2.64 bits per heavy atom. The molecular formula is C5H9N3O2S. The number of methoxy groups -OCH3 is 1. The van der Waals surface area contributed by atoms with E-state index in [-0.39, 0.29) is 10.8 Å². The molecule has 0 radical (unpaired) electrons. The van der Waals surface area contributed by atoms with Crippen molar-refractivity contribution in [2.75, 3.05) is 7.11 Å². The summed E-state index contributed by atoms with van der Waals surface area (Å²) < 4.78 is 4.35. The van der Waals surface area contributed by atoms with Crippen LogP contribution in [0.3, 0.4) is 0 Å². The lowest BCUT2D eigenvalue weighted by molar-refractivity contribution is -0.132. The zero-order chi connectivity index (χ0) is 8.85. The third-order valence-corrected chi connectivity index (χ3v) is 0.906. The molecule has 6 heteroatoms. The van der Waals surface area contributed by atoms with Crippen LogP contribution in [-0.4, -0.2) is 23.9 Å². The normalized spacial score (nSPS) is 10.5. The predicted octanol–water partition coefficient (Wildman–Crippen LogP) is -0.631. The van der Waals surface area contributed by atoms with Crippen LogP contribution in [0, 0.1) is 0 Å². The molecule has 0 heterocycles. The first-order chi connectivity index (χ1) is 5.07. The molecule has 0 aliphatic carbocycles. The van der Waals surface area contributed by atoms with Gasteiger partial charge < -0.3 is 10.5 Å². The molecule has 0 aromatic rings. The van der Waals surface area contributed by atoms with E-state index in [9.17, 15) is 4.79 Å². The maximum absolute atomic E-state index is 10.6. The molecule has 0 spiro atoms. The number of rotatable bonds is 2. The van der Waals surface area contributed by atoms with Gasteiger partial charge in [-0.05, 0) is 19.1 Å². The van der Waals surface area contributed by atoms with E-state index in [1.54, 1.807) is 0 Å². The number of esters is 1. The first-order valence-electron chi connectivity index (χ1n) is 2.76. The molecule has 0 aromatic heterocycles. The number of nitrogens with one attached hydrogen (secondary N) is 1. The summed E-state index contributed by atoms with van der Waals surface area (Å²) in [6.45, 7) is 1.48. The SMILES string of the molecule is COC(=O)/C(C)=N/NC(N)=S. The highest BCUT2D eigenvalue weighted by molar-refractivity contribution is 7.80. The van der Waals surface area contributed by atoms with E-state index < -0.39 is 5.97 Å². The molecule has 0 aliphatic rings. The Morgan fingerprint density at radius 2 is 2.27 bits per heavy atom. The second kappa shape index (κ2) is 4.62. The fraction of sp³-hybridized carbons (Fsp3) is 0.400. The zero-order valence-electron chi connectivity index (χ0n) is 6.25. The molecule has 0 atom stereocenters. The summed E-state index contributed by atoms with van der Waals surface area (Å²) >= 11 is 4.44. The molecular weight excluding hydrogens is 166 g/mol. The maximum Gasteiger partial charge on any atom is 0.353 e. The van der Waals surface area contributed by atoms with Gasteiger partial charge in [0, 0.05) is 0 Å². The number of ether oxygens (including phenoxy) is 1. The minimum atomic E-state index is -0.520. The van der Waals surface area contributed by atoms with Gasteiger partial charge in [-0.3, -0.25) is 5.43 Å². The quantitative estimate of drug-likeness (QED) is 0.253. The topological polar surface area (TPSA) is 76.7 Å². The van der Waals surface area contributed by atoms with E-state index in [1.165, 1.54) is 14.0 Å². The fourth-order valence-electron chi connectivity index (χ4n) is 0.332. The lowest BCUT2D eigenvalue weighted by Gasteiger charge is -1.98. The van der Waals surface area contributed by atoms with Crippen LogP contribution in [0.1, 0.15) is 6.92 Å². The maximum atomic E-state index is 10.6. The predicted molar refractivity (Wildman–Crippen MR) is 45.0 cm³/mol. The molecule has 0 amide bonds. The number of thiocarbonyl (C=S) groups is 1. The molecule has 0 rings (SSSR count). The minimum Gasteiger partial charge on any atom is -0.464 e. The Labute approximate surface area is 69.6 Å². The molecule has 0 saturated carbocycles. The standard InChI is InChI=1S/C5H9N3O2S/c1-3(4(9)10-2)7-8-5(6)11/h1-2H3,(H3,6,8,11)/b7-3+. The second-order valence-electron chi connectivity index (χ2n) is 1.66. The highest BCUT2D eigenvalue weighted by atomic mass is 32.1. The number of nitrogens with two attached hydrogens (primary N) is 1. The Bertz CT molecular complexity index is 202. The third kappa shape index (κ3) is 4.26. The summed E-state index contributed by atoms with van der Waals surface area (Å²) in [5.41, 5.74) is 7.47. The molecule has 5 nitrogen and oxygen atoms in total. The van der Waals surface area contributed by atoms with Gasteiger partial charge >= 0.3 is 5.97 Å². The Hall–Kier alpha value is -1.17. The summed E-state index contributed by atoms with van der Waals surface area (Å²) in [5.74, 6) is -0.520. The molecule has 0 aromatic carbocycles. The van der Waals surface area contributed by atoms with Crippen molar-refractivity contribution in [3.05, 3.63) is 0 Å². The van der Waals surface area contributed by atoms with Gasteiger partial charge in [0.25, 0.3) is 0 Å². The number of carbonyl (C=O) groups is 1. The van der Waals surface area contributed by atoms with Crippen LogP contribution in [0.15, 0.2) is 5.10 Å². The summed E-state index contributed by atoms with van der Waals surface area (Å²) in [7, 11) is 1.27. The van der Waals surface area contributed by atoms with E-state index in [2.05, 4.69) is 27.5 Å². The van der Waals surface area contributed by atoms with Crippen molar-refractivity contribution >= 4 is 29.0 Å². The van der Waals surface area contributed by atoms with E-state index in [1.807, 2.05) is 0 Å². The van der Waals surface area contributed by atoms with Crippen molar-refractivity contribution in [2.24, 2.45) is 10.8 Å². The molecule has 3 N–H and O–H groups in total. The largest absolute Gasteiger partial charge is 0.464 e. The number of hydrogen-bond acceptors (Lipinski definition) is 4. The zero-order valence-corrected chi connectivity index (χ0v) is 7.07. The summed E-state index contributed by atoms with van der Waals surface area (Å²) in [5, 5.41) is 3.53. The van der Waals surface area contributed by atoms with Crippen molar-refractivity contribution < 1.29 is 9.53 Å². The second-order valence-corrected chi connectivity index (χ2v) is 2.10. The smallest absolute Gasteiger partial charge is 0.353 e. The van der Waals surface area contributed by atoms with Gasteiger partial charge in [-0.15, -0.1) is 0 Å². The van der Waals surface area contributed by atoms with Crippen molar-refractivity contribution in [3.8, 4) is 0 Å². The number of nitrogens with zero attached hydrogens (tertiary/aromatic N) is 1. The first kappa shape index (κ1) is 9.83. The molecule has 11 heavy (non-hydrogen) atoms. The van der Waals surface area contributed by atoms with E-state index >= 15 is 0 Å². The van der Waals surface area contributed by atoms with Crippen LogP contribution in [0.25, 0.3) is 0 Å². The average molecular weight is 175 g/mol. The van der Waals surface area contributed by atoms with E-state index in [0.717, 1.165) is 0 Å². The van der Waals surface area contributed by atoms with Gasteiger partial charge in [0.1, 0.15) is 5.71 Å². The van der Waals surface area contributed by atoms with Gasteiger partial charge in [-0.2, -0.15) is 5.10 Å². The molecule has 0 fully saturated rings. The van der Waals surface area contributed by atoms with Crippen LogP contribution >= 0.6 is 12.2 Å². The van der Waals surface area contributed by atoms with Crippen LogP contribution in [0.2, 0.25) is 0 Å². The number of hydrazone groups is 1. The molecule has 0 unspecified atom stereocenters.